The summed E-state index contributed by atoms with van der Waals surface area (Å²) < 4.78 is 12.5. The lowest BCUT2D eigenvalue weighted by atomic mass is 9.62. The van der Waals surface area contributed by atoms with Crippen molar-refractivity contribution in [3.8, 4) is 0 Å². The van der Waals surface area contributed by atoms with Crippen molar-refractivity contribution in [1.29, 1.82) is 0 Å². The van der Waals surface area contributed by atoms with Gasteiger partial charge in [-0.25, -0.2) is 0 Å². The van der Waals surface area contributed by atoms with Crippen LogP contribution in [0.1, 0.15) is 43.4 Å². The van der Waals surface area contributed by atoms with Crippen LogP contribution in [0.25, 0.3) is 0 Å². The Bertz CT molecular complexity index is 1440. The summed E-state index contributed by atoms with van der Waals surface area (Å²) in [6.45, 7) is 15.4. The van der Waals surface area contributed by atoms with E-state index in [2.05, 4.69) is 13.2 Å². The molecule has 2 amide bonds. The molecule has 3 aliphatic heterocycles. The molecule has 0 saturated carbocycles. The first-order chi connectivity index (χ1) is 21.0. The van der Waals surface area contributed by atoms with Gasteiger partial charge in [0.2, 0.25) is 5.91 Å². The fourth-order valence-corrected chi connectivity index (χ4v) is 7.77. The number of carbonyl (C=O) groups is 3. The Labute approximate surface area is 260 Å². The molecular formula is C36H44N2O6. The van der Waals surface area contributed by atoms with Gasteiger partial charge in [0.05, 0.1) is 30.8 Å². The highest BCUT2D eigenvalue weighted by Crippen LogP contribution is 2.65. The van der Waals surface area contributed by atoms with Crippen molar-refractivity contribution in [2.75, 3.05) is 24.7 Å². The first-order valence-corrected chi connectivity index (χ1v) is 15.5. The van der Waals surface area contributed by atoms with Gasteiger partial charge in [-0.05, 0) is 68.7 Å². The molecule has 0 aromatic heterocycles. The summed E-state index contributed by atoms with van der Waals surface area (Å²) in [5.41, 5.74) is 1.26. The summed E-state index contributed by atoms with van der Waals surface area (Å²) in [5.74, 6) is -3.14. The number of carbonyl (C=O) groups excluding carboxylic acids is 3. The first kappa shape index (κ1) is 31.7. The molecule has 0 aliphatic carbocycles. The number of nitrogens with zero attached hydrogens (tertiary/aromatic N) is 2. The monoisotopic (exact) mass is 600 g/mol. The van der Waals surface area contributed by atoms with Crippen LogP contribution in [0.5, 0.6) is 0 Å². The zero-order chi connectivity index (χ0) is 31.8. The molecule has 8 heteroatoms. The van der Waals surface area contributed by atoms with Crippen LogP contribution in [0.3, 0.4) is 0 Å². The van der Waals surface area contributed by atoms with Crippen molar-refractivity contribution < 1.29 is 29.0 Å². The van der Waals surface area contributed by atoms with Crippen molar-refractivity contribution in [2.24, 2.45) is 17.8 Å². The van der Waals surface area contributed by atoms with Crippen LogP contribution in [0.4, 0.5) is 5.69 Å². The van der Waals surface area contributed by atoms with E-state index in [0.29, 0.717) is 19.3 Å². The maximum Gasteiger partial charge on any atom is 0.312 e. The molecule has 2 aromatic carbocycles. The minimum absolute atomic E-state index is 0.131. The molecule has 1 N–H and O–H groups in total. The summed E-state index contributed by atoms with van der Waals surface area (Å²) in [6.07, 6.45) is 4.58. The number of benzene rings is 2. The minimum atomic E-state index is -1.27. The van der Waals surface area contributed by atoms with E-state index in [1.807, 2.05) is 76.2 Å². The van der Waals surface area contributed by atoms with Gasteiger partial charge in [-0.2, -0.15) is 0 Å². The highest BCUT2D eigenvalue weighted by atomic mass is 16.6. The predicted molar refractivity (Wildman–Crippen MR) is 169 cm³/mol. The second kappa shape index (κ2) is 12.3. The van der Waals surface area contributed by atoms with Crippen LogP contribution in [0, 0.1) is 31.6 Å². The number of esters is 1. The second-order valence-corrected chi connectivity index (χ2v) is 12.7. The van der Waals surface area contributed by atoms with Gasteiger partial charge in [-0.3, -0.25) is 14.4 Å². The average molecular weight is 601 g/mol. The molecule has 1 spiro atoms. The van der Waals surface area contributed by atoms with Gasteiger partial charge >= 0.3 is 5.97 Å². The number of aryl methyl sites for hydroxylation is 2. The van der Waals surface area contributed by atoms with E-state index in [1.54, 1.807) is 17.1 Å². The number of rotatable bonds is 12. The largest absolute Gasteiger partial charge is 0.465 e. The number of aliphatic hydroxyl groups is 1. The molecule has 44 heavy (non-hydrogen) atoms. The Morgan fingerprint density at radius 2 is 1.91 bits per heavy atom. The number of likely N-dealkylation sites (tertiary alicyclic amines) is 1. The van der Waals surface area contributed by atoms with Gasteiger partial charge < -0.3 is 24.4 Å². The molecule has 2 aromatic rings. The van der Waals surface area contributed by atoms with Crippen LogP contribution >= 0.6 is 0 Å². The van der Waals surface area contributed by atoms with E-state index in [0.717, 1.165) is 22.4 Å². The molecule has 7 atom stereocenters. The number of hydrogen-bond acceptors (Lipinski definition) is 6. The fraction of sp³-hybridized carbons (Fsp3) is 0.472. The van der Waals surface area contributed by atoms with Crippen LogP contribution in [-0.4, -0.2) is 70.8 Å². The third-order valence-corrected chi connectivity index (χ3v) is 9.96. The topological polar surface area (TPSA) is 96.4 Å². The second-order valence-electron chi connectivity index (χ2n) is 12.7. The quantitative estimate of drug-likeness (QED) is 0.218. The molecule has 3 heterocycles. The maximum absolute atomic E-state index is 15.0. The molecule has 0 radical (unpaired) electrons. The highest BCUT2D eigenvalue weighted by molar-refractivity contribution is 6.05. The van der Waals surface area contributed by atoms with Crippen LogP contribution in [-0.2, 0) is 30.3 Å². The smallest absolute Gasteiger partial charge is 0.312 e. The lowest BCUT2D eigenvalue weighted by Gasteiger charge is -2.40. The van der Waals surface area contributed by atoms with Gasteiger partial charge in [-0.1, -0.05) is 61.5 Å². The first-order valence-electron chi connectivity index (χ1n) is 15.5. The number of aliphatic hydroxyl groups excluding tert-OH is 1. The van der Waals surface area contributed by atoms with E-state index >= 15 is 4.79 Å². The minimum Gasteiger partial charge on any atom is -0.465 e. The molecule has 3 unspecified atom stereocenters. The summed E-state index contributed by atoms with van der Waals surface area (Å²) in [7, 11) is 0. The lowest BCUT2D eigenvalue weighted by molar-refractivity contribution is -0.162. The zero-order valence-electron chi connectivity index (χ0n) is 26.2. The maximum atomic E-state index is 15.0. The number of fused-ring (bicyclic) bond motifs is 1. The van der Waals surface area contributed by atoms with E-state index in [-0.39, 0.29) is 37.5 Å². The van der Waals surface area contributed by atoms with Gasteiger partial charge in [-0.15, -0.1) is 13.2 Å². The standard InChI is InChI=1S/C36H44N2O6/c1-7-9-18-43-34(42)30-29-32(40)38(27(22-39)20-26-13-11-10-12-14-26)31(36(29)21-25(5)35(30,6)44-36)33(41)37(17-8-2)28-19-23(3)15-16-24(28)4/h7-8,10-16,19,25,27,29-31,39H,1-2,9,17-18,20-22H2,3-6H3/t25?,27-,29+,30+,31?,35-,36?/m1/s1. The number of amides is 2. The zero-order valence-corrected chi connectivity index (χ0v) is 26.2. The van der Waals surface area contributed by atoms with Gasteiger partial charge in [0.25, 0.3) is 5.91 Å². The Balaban J connectivity index is 1.65. The number of hydrogen-bond donors (Lipinski definition) is 1. The van der Waals surface area contributed by atoms with Crippen LogP contribution in [0.2, 0.25) is 0 Å². The van der Waals surface area contributed by atoms with Crippen molar-refractivity contribution >= 4 is 23.5 Å². The van der Waals surface area contributed by atoms with Crippen LogP contribution in [0.15, 0.2) is 73.8 Å². The van der Waals surface area contributed by atoms with Gasteiger partial charge in [0.1, 0.15) is 17.6 Å². The van der Waals surface area contributed by atoms with Crippen molar-refractivity contribution in [1.82, 2.24) is 4.90 Å². The normalized spacial score (nSPS) is 29.3. The Morgan fingerprint density at radius 3 is 2.57 bits per heavy atom. The number of anilines is 1. The molecule has 8 nitrogen and oxygen atoms in total. The highest BCUT2D eigenvalue weighted by Gasteiger charge is 2.80. The molecule has 5 rings (SSSR count). The molecule has 3 aliphatic rings. The summed E-state index contributed by atoms with van der Waals surface area (Å²) in [6, 6.07) is 13.7. The van der Waals surface area contributed by atoms with E-state index in [9.17, 15) is 14.7 Å². The summed E-state index contributed by atoms with van der Waals surface area (Å²) in [4.78, 5) is 46.7. The molecule has 3 saturated heterocycles. The van der Waals surface area contributed by atoms with Crippen molar-refractivity contribution in [2.45, 2.75) is 70.2 Å². The van der Waals surface area contributed by atoms with E-state index < -0.39 is 41.1 Å². The SMILES string of the molecule is C=CCCOC(=O)[C@@H]1[C@H]2C(=O)N([C@@H](CO)Cc3ccccc3)C(C(=O)N(CC=C)c3cc(C)ccc3C)C23CC(C)[C@@]1(C)O3. The van der Waals surface area contributed by atoms with Crippen molar-refractivity contribution in [3.05, 3.63) is 90.5 Å². The fourth-order valence-electron chi connectivity index (χ4n) is 7.77. The molecule has 2 bridgehead atoms. The third-order valence-electron chi connectivity index (χ3n) is 9.96. The third kappa shape index (κ3) is 5.08. The molecule has 234 valence electrons. The Hall–Kier alpha value is -3.75. The summed E-state index contributed by atoms with van der Waals surface area (Å²) in [5, 5.41) is 10.8. The number of ether oxygens (including phenoxy) is 2. The van der Waals surface area contributed by atoms with Crippen LogP contribution < -0.4 is 4.90 Å². The van der Waals surface area contributed by atoms with Crippen molar-refractivity contribution in [3.63, 3.8) is 0 Å². The lowest BCUT2D eigenvalue weighted by Crippen LogP contribution is -2.59. The van der Waals surface area contributed by atoms with E-state index in [1.165, 1.54) is 4.90 Å². The Kier molecular flexibility index (Phi) is 8.87. The van der Waals surface area contributed by atoms with E-state index in [4.69, 9.17) is 9.47 Å². The predicted octanol–water partition coefficient (Wildman–Crippen LogP) is 4.56. The molecular weight excluding hydrogens is 556 g/mol. The Morgan fingerprint density at radius 1 is 1.18 bits per heavy atom. The average Bonchev–Trinajstić information content (AvgIpc) is 3.52. The summed E-state index contributed by atoms with van der Waals surface area (Å²) >= 11 is 0. The molecule has 3 fully saturated rings. The van der Waals surface area contributed by atoms with Gasteiger partial charge in [0.15, 0.2) is 0 Å². The van der Waals surface area contributed by atoms with Gasteiger partial charge in [0, 0.05) is 12.2 Å².